The van der Waals surface area contributed by atoms with Crippen LogP contribution in [0.4, 0.5) is 0 Å². The molecule has 5 nitrogen and oxygen atoms in total. The molecular weight excluding hydrogens is 276 g/mol. The summed E-state index contributed by atoms with van der Waals surface area (Å²) in [6.45, 7) is 0. The van der Waals surface area contributed by atoms with E-state index >= 15 is 0 Å². The number of carbonyl (C=O) groups excluding carboxylic acids is 1. The van der Waals surface area contributed by atoms with E-state index in [9.17, 15) is 4.79 Å². The number of pyridine rings is 2. The van der Waals surface area contributed by atoms with Gasteiger partial charge in [0.1, 0.15) is 6.07 Å². The first kappa shape index (κ1) is 13.7. The molecule has 106 valence electrons. The Hall–Kier alpha value is -3.26. The lowest BCUT2D eigenvalue weighted by molar-refractivity contribution is 0.0999. The lowest BCUT2D eigenvalue weighted by atomic mass is 10.00. The molecular formula is C17H12N4O. The molecule has 0 atom stereocenters. The lowest BCUT2D eigenvalue weighted by Gasteiger charge is -2.07. The standard InChI is InChI=1S/C17H12N4O/c18-8-12-7-13-5-11(1-2-16(13)21-9-12)6-14-10-20-4-3-15(14)17(19)22/h1-5,7,9-10H,6H2,(H2,19,22). The minimum absolute atomic E-state index is 0.466. The second-order valence-electron chi connectivity index (χ2n) is 4.94. The van der Waals surface area contributed by atoms with Gasteiger partial charge in [-0.1, -0.05) is 6.07 Å². The Morgan fingerprint density at radius 3 is 2.86 bits per heavy atom. The van der Waals surface area contributed by atoms with Crippen molar-refractivity contribution in [3.8, 4) is 6.07 Å². The summed E-state index contributed by atoms with van der Waals surface area (Å²) in [7, 11) is 0. The van der Waals surface area contributed by atoms with Gasteiger partial charge in [0.25, 0.3) is 0 Å². The Balaban J connectivity index is 2.01. The van der Waals surface area contributed by atoms with Gasteiger partial charge in [0, 0.05) is 29.5 Å². The first-order valence-electron chi connectivity index (χ1n) is 6.69. The molecule has 0 aliphatic rings. The van der Waals surface area contributed by atoms with Crippen LogP contribution < -0.4 is 5.73 Å². The van der Waals surface area contributed by atoms with Gasteiger partial charge in [-0.2, -0.15) is 5.26 Å². The normalized spacial score (nSPS) is 10.3. The smallest absolute Gasteiger partial charge is 0.249 e. The predicted octanol–water partition coefficient (Wildman–Crippen LogP) is 2.19. The van der Waals surface area contributed by atoms with Crippen molar-refractivity contribution in [2.24, 2.45) is 5.73 Å². The molecule has 0 aliphatic heterocycles. The van der Waals surface area contributed by atoms with Crippen molar-refractivity contribution < 1.29 is 4.79 Å². The van der Waals surface area contributed by atoms with E-state index in [4.69, 9.17) is 11.0 Å². The molecule has 3 rings (SSSR count). The van der Waals surface area contributed by atoms with Gasteiger partial charge in [-0.25, -0.2) is 0 Å². The third-order valence-corrected chi connectivity index (χ3v) is 3.44. The minimum atomic E-state index is -0.466. The number of amides is 1. The molecule has 1 amide bonds. The van der Waals surface area contributed by atoms with Crippen molar-refractivity contribution in [1.29, 1.82) is 5.26 Å². The van der Waals surface area contributed by atoms with E-state index in [1.54, 1.807) is 30.7 Å². The maximum atomic E-state index is 11.5. The van der Waals surface area contributed by atoms with Crippen LogP contribution in [0.3, 0.4) is 0 Å². The van der Waals surface area contributed by atoms with Crippen LogP contribution in [0.1, 0.15) is 27.0 Å². The predicted molar refractivity (Wildman–Crippen MR) is 82.0 cm³/mol. The Morgan fingerprint density at radius 1 is 1.23 bits per heavy atom. The van der Waals surface area contributed by atoms with E-state index in [0.29, 0.717) is 17.5 Å². The first-order chi connectivity index (χ1) is 10.7. The van der Waals surface area contributed by atoms with Gasteiger partial charge in [-0.05, 0) is 41.8 Å². The zero-order valence-electron chi connectivity index (χ0n) is 11.7. The number of aromatic nitrogens is 2. The summed E-state index contributed by atoms with van der Waals surface area (Å²) in [5.74, 6) is -0.466. The molecule has 0 unspecified atom stereocenters. The van der Waals surface area contributed by atoms with Crippen molar-refractivity contribution in [1.82, 2.24) is 9.97 Å². The van der Waals surface area contributed by atoms with Crippen LogP contribution in [0.15, 0.2) is 48.9 Å². The molecule has 5 heteroatoms. The summed E-state index contributed by atoms with van der Waals surface area (Å²) in [4.78, 5) is 19.7. The highest BCUT2D eigenvalue weighted by Gasteiger charge is 2.09. The van der Waals surface area contributed by atoms with Crippen molar-refractivity contribution in [2.75, 3.05) is 0 Å². The number of hydrogen-bond acceptors (Lipinski definition) is 4. The van der Waals surface area contributed by atoms with Gasteiger partial charge in [-0.15, -0.1) is 0 Å². The molecule has 0 radical (unpaired) electrons. The summed E-state index contributed by atoms with van der Waals surface area (Å²) in [6, 6.07) is 11.3. The van der Waals surface area contributed by atoms with E-state index in [0.717, 1.165) is 22.0 Å². The molecule has 2 heterocycles. The largest absolute Gasteiger partial charge is 0.366 e. The van der Waals surface area contributed by atoms with Crippen LogP contribution >= 0.6 is 0 Å². The van der Waals surface area contributed by atoms with Gasteiger partial charge in [0.15, 0.2) is 0 Å². The first-order valence-corrected chi connectivity index (χ1v) is 6.69. The Bertz CT molecular complexity index is 912. The van der Waals surface area contributed by atoms with E-state index in [1.807, 2.05) is 18.2 Å². The van der Waals surface area contributed by atoms with Crippen LogP contribution in [0.2, 0.25) is 0 Å². The van der Waals surface area contributed by atoms with Gasteiger partial charge >= 0.3 is 0 Å². The fraction of sp³-hybridized carbons (Fsp3) is 0.0588. The molecule has 0 spiro atoms. The summed E-state index contributed by atoms with van der Waals surface area (Å²) in [5, 5.41) is 9.84. The highest BCUT2D eigenvalue weighted by molar-refractivity contribution is 5.94. The minimum Gasteiger partial charge on any atom is -0.366 e. The van der Waals surface area contributed by atoms with E-state index in [-0.39, 0.29) is 0 Å². The van der Waals surface area contributed by atoms with Crippen LogP contribution in [0.5, 0.6) is 0 Å². The van der Waals surface area contributed by atoms with Gasteiger partial charge in [0.2, 0.25) is 5.91 Å². The number of hydrogen-bond donors (Lipinski definition) is 1. The second kappa shape index (κ2) is 5.62. The molecule has 0 saturated heterocycles. The van der Waals surface area contributed by atoms with Crippen LogP contribution in [-0.4, -0.2) is 15.9 Å². The molecule has 0 fully saturated rings. The highest BCUT2D eigenvalue weighted by Crippen LogP contribution is 2.19. The van der Waals surface area contributed by atoms with Crippen molar-refractivity contribution >= 4 is 16.8 Å². The molecule has 22 heavy (non-hydrogen) atoms. The van der Waals surface area contributed by atoms with Crippen molar-refractivity contribution in [3.05, 3.63) is 71.2 Å². The fourth-order valence-electron chi connectivity index (χ4n) is 2.38. The van der Waals surface area contributed by atoms with E-state index < -0.39 is 5.91 Å². The van der Waals surface area contributed by atoms with Gasteiger partial charge in [0.05, 0.1) is 11.1 Å². The molecule has 0 aliphatic carbocycles. The summed E-state index contributed by atoms with van der Waals surface area (Å²) in [5.41, 5.74) is 8.97. The van der Waals surface area contributed by atoms with Crippen LogP contribution in [0, 0.1) is 11.3 Å². The molecule has 0 saturated carbocycles. The lowest BCUT2D eigenvalue weighted by Crippen LogP contribution is -2.14. The Morgan fingerprint density at radius 2 is 2.09 bits per heavy atom. The van der Waals surface area contributed by atoms with Gasteiger partial charge < -0.3 is 5.73 Å². The number of nitrogens with zero attached hydrogens (tertiary/aromatic N) is 3. The van der Waals surface area contributed by atoms with Crippen LogP contribution in [0.25, 0.3) is 10.9 Å². The number of benzene rings is 1. The quantitative estimate of drug-likeness (QED) is 0.799. The number of primary amides is 1. The Kier molecular flexibility index (Phi) is 3.50. The SMILES string of the molecule is N#Cc1cnc2ccc(Cc3cnccc3C(N)=O)cc2c1. The number of nitriles is 1. The Labute approximate surface area is 127 Å². The molecule has 0 bridgehead atoms. The average Bonchev–Trinajstić information content (AvgIpc) is 2.54. The zero-order chi connectivity index (χ0) is 15.5. The van der Waals surface area contributed by atoms with E-state index in [1.165, 1.54) is 0 Å². The summed E-state index contributed by atoms with van der Waals surface area (Å²) < 4.78 is 0. The summed E-state index contributed by atoms with van der Waals surface area (Å²) in [6.07, 6.45) is 5.29. The maximum absolute atomic E-state index is 11.5. The van der Waals surface area contributed by atoms with E-state index in [2.05, 4.69) is 16.0 Å². The van der Waals surface area contributed by atoms with Crippen LogP contribution in [-0.2, 0) is 6.42 Å². The number of fused-ring (bicyclic) bond motifs is 1. The average molecular weight is 288 g/mol. The fourth-order valence-corrected chi connectivity index (χ4v) is 2.38. The van der Waals surface area contributed by atoms with Crippen molar-refractivity contribution in [3.63, 3.8) is 0 Å². The monoisotopic (exact) mass is 288 g/mol. The number of nitrogens with two attached hydrogens (primary N) is 1. The number of rotatable bonds is 3. The molecule has 2 N–H and O–H groups in total. The topological polar surface area (TPSA) is 92.7 Å². The van der Waals surface area contributed by atoms with Crippen molar-refractivity contribution in [2.45, 2.75) is 6.42 Å². The highest BCUT2D eigenvalue weighted by atomic mass is 16.1. The third kappa shape index (κ3) is 2.63. The second-order valence-corrected chi connectivity index (χ2v) is 4.94. The molecule has 2 aromatic heterocycles. The zero-order valence-corrected chi connectivity index (χ0v) is 11.7. The molecule has 1 aromatic carbocycles. The van der Waals surface area contributed by atoms with Gasteiger partial charge in [-0.3, -0.25) is 14.8 Å². The number of carbonyl (C=O) groups is 1. The third-order valence-electron chi connectivity index (χ3n) is 3.44. The maximum Gasteiger partial charge on any atom is 0.249 e. The summed E-state index contributed by atoms with van der Waals surface area (Å²) >= 11 is 0. The molecule has 3 aromatic rings.